The summed E-state index contributed by atoms with van der Waals surface area (Å²) in [5.41, 5.74) is -0.130. The Morgan fingerprint density at radius 1 is 1.41 bits per heavy atom. The molecule has 0 atom stereocenters. The summed E-state index contributed by atoms with van der Waals surface area (Å²) in [7, 11) is 0. The van der Waals surface area contributed by atoms with E-state index in [9.17, 15) is 15.2 Å². The molecule has 0 radical (unpaired) electrons. The molecular formula is C11H13NO5. The van der Waals surface area contributed by atoms with Crippen molar-refractivity contribution in [1.29, 1.82) is 0 Å². The number of phenols is 1. The van der Waals surface area contributed by atoms with Crippen LogP contribution in [0.3, 0.4) is 0 Å². The van der Waals surface area contributed by atoms with E-state index >= 15 is 0 Å². The summed E-state index contributed by atoms with van der Waals surface area (Å²) in [5, 5.41) is 20.1. The Labute approximate surface area is 97.9 Å². The van der Waals surface area contributed by atoms with Crippen LogP contribution in [0.15, 0.2) is 18.2 Å². The minimum absolute atomic E-state index is 0.0438. The number of benzene rings is 1. The van der Waals surface area contributed by atoms with Gasteiger partial charge in [0, 0.05) is 25.0 Å². The van der Waals surface area contributed by atoms with Gasteiger partial charge in [-0.3, -0.25) is 10.1 Å². The van der Waals surface area contributed by atoms with Crippen LogP contribution in [-0.4, -0.2) is 29.3 Å². The van der Waals surface area contributed by atoms with Crippen LogP contribution in [0.5, 0.6) is 11.5 Å². The zero-order chi connectivity index (χ0) is 12.3. The van der Waals surface area contributed by atoms with Gasteiger partial charge in [-0.15, -0.1) is 0 Å². The summed E-state index contributed by atoms with van der Waals surface area (Å²) in [6, 6.07) is 3.78. The molecule has 0 saturated carbocycles. The normalized spacial score (nSPS) is 16.7. The molecule has 0 spiro atoms. The largest absolute Gasteiger partial charge is 0.508 e. The van der Waals surface area contributed by atoms with Gasteiger partial charge < -0.3 is 14.6 Å². The minimum Gasteiger partial charge on any atom is -0.508 e. The van der Waals surface area contributed by atoms with Crippen molar-refractivity contribution >= 4 is 5.69 Å². The van der Waals surface area contributed by atoms with Crippen LogP contribution in [0.1, 0.15) is 12.8 Å². The van der Waals surface area contributed by atoms with E-state index in [2.05, 4.69) is 0 Å². The molecule has 0 aromatic heterocycles. The van der Waals surface area contributed by atoms with Crippen molar-refractivity contribution in [3.05, 3.63) is 28.3 Å². The molecule has 0 aliphatic carbocycles. The fourth-order valence-corrected chi connectivity index (χ4v) is 1.72. The Morgan fingerprint density at radius 3 is 2.76 bits per heavy atom. The first-order valence-electron chi connectivity index (χ1n) is 5.38. The van der Waals surface area contributed by atoms with Crippen molar-refractivity contribution in [2.24, 2.45) is 0 Å². The third-order valence-electron chi connectivity index (χ3n) is 2.60. The van der Waals surface area contributed by atoms with E-state index in [1.807, 2.05) is 0 Å². The highest BCUT2D eigenvalue weighted by Crippen LogP contribution is 2.32. The van der Waals surface area contributed by atoms with Crippen LogP contribution in [0.2, 0.25) is 0 Å². The third kappa shape index (κ3) is 2.85. The maximum Gasteiger partial charge on any atom is 0.311 e. The first-order valence-corrected chi connectivity index (χ1v) is 5.38. The topological polar surface area (TPSA) is 81.8 Å². The molecule has 1 aromatic carbocycles. The predicted octanol–water partition coefficient (Wildman–Crippen LogP) is 1.86. The van der Waals surface area contributed by atoms with Crippen molar-refractivity contribution in [1.82, 2.24) is 0 Å². The monoisotopic (exact) mass is 239 g/mol. The number of aromatic hydroxyl groups is 1. The van der Waals surface area contributed by atoms with E-state index in [1.165, 1.54) is 18.2 Å². The molecule has 1 saturated heterocycles. The Bertz CT molecular complexity index is 414. The van der Waals surface area contributed by atoms with Crippen LogP contribution in [0.25, 0.3) is 0 Å². The highest BCUT2D eigenvalue weighted by atomic mass is 16.6. The zero-order valence-corrected chi connectivity index (χ0v) is 9.17. The summed E-state index contributed by atoms with van der Waals surface area (Å²) in [4.78, 5) is 10.3. The van der Waals surface area contributed by atoms with Gasteiger partial charge >= 0.3 is 5.69 Å². The van der Waals surface area contributed by atoms with Crippen molar-refractivity contribution in [2.75, 3.05) is 13.2 Å². The summed E-state index contributed by atoms with van der Waals surface area (Å²) in [6.07, 6.45) is 1.31. The molecule has 92 valence electrons. The molecular weight excluding hydrogens is 226 g/mol. The Hall–Kier alpha value is -1.82. The molecule has 1 N–H and O–H groups in total. The smallest absolute Gasteiger partial charge is 0.311 e. The lowest BCUT2D eigenvalue weighted by atomic mass is 10.1. The van der Waals surface area contributed by atoms with Crippen molar-refractivity contribution < 1.29 is 19.5 Å². The average molecular weight is 239 g/mol. The van der Waals surface area contributed by atoms with Gasteiger partial charge in [0.2, 0.25) is 5.75 Å². The van der Waals surface area contributed by atoms with Crippen molar-refractivity contribution in [3.63, 3.8) is 0 Å². The van der Waals surface area contributed by atoms with E-state index in [0.717, 1.165) is 0 Å². The highest BCUT2D eigenvalue weighted by Gasteiger charge is 2.21. The van der Waals surface area contributed by atoms with Crippen LogP contribution in [0, 0.1) is 10.1 Å². The minimum atomic E-state index is -0.520. The van der Waals surface area contributed by atoms with Crippen LogP contribution in [-0.2, 0) is 4.74 Å². The number of hydrogen-bond acceptors (Lipinski definition) is 5. The lowest BCUT2D eigenvalue weighted by Crippen LogP contribution is -2.26. The molecule has 17 heavy (non-hydrogen) atoms. The van der Waals surface area contributed by atoms with E-state index < -0.39 is 4.92 Å². The molecule has 2 rings (SSSR count). The standard InChI is InChI=1S/C11H13NO5/c13-8-1-2-10(12(14)15)11(7-8)17-9-3-5-16-6-4-9/h1-2,7,9,13H,3-6H2. The number of hydrogen-bond donors (Lipinski definition) is 1. The molecule has 1 aliphatic rings. The number of nitro benzene ring substituents is 1. The highest BCUT2D eigenvalue weighted by molar-refractivity contribution is 5.50. The molecule has 1 heterocycles. The van der Waals surface area contributed by atoms with Gasteiger partial charge in [-0.1, -0.05) is 0 Å². The summed E-state index contributed by atoms with van der Waals surface area (Å²) < 4.78 is 10.7. The maximum atomic E-state index is 10.8. The van der Waals surface area contributed by atoms with Crippen molar-refractivity contribution in [2.45, 2.75) is 18.9 Å². The SMILES string of the molecule is O=[N+]([O-])c1ccc(O)cc1OC1CCOCC1. The lowest BCUT2D eigenvalue weighted by molar-refractivity contribution is -0.386. The van der Waals surface area contributed by atoms with Gasteiger partial charge in [0.1, 0.15) is 11.9 Å². The maximum absolute atomic E-state index is 10.8. The van der Waals surface area contributed by atoms with Gasteiger partial charge in [0.15, 0.2) is 0 Å². The van der Waals surface area contributed by atoms with E-state index in [4.69, 9.17) is 9.47 Å². The van der Waals surface area contributed by atoms with E-state index in [0.29, 0.717) is 26.1 Å². The van der Waals surface area contributed by atoms with Gasteiger partial charge in [-0.2, -0.15) is 0 Å². The molecule has 1 fully saturated rings. The van der Waals surface area contributed by atoms with Crippen LogP contribution in [0.4, 0.5) is 5.69 Å². The fraction of sp³-hybridized carbons (Fsp3) is 0.455. The molecule has 6 heteroatoms. The first-order chi connectivity index (χ1) is 8.16. The Kier molecular flexibility index (Phi) is 3.43. The van der Waals surface area contributed by atoms with E-state index in [-0.39, 0.29) is 23.3 Å². The Morgan fingerprint density at radius 2 is 2.12 bits per heavy atom. The number of ether oxygens (including phenoxy) is 2. The van der Waals surface area contributed by atoms with Gasteiger partial charge in [0.05, 0.1) is 18.1 Å². The van der Waals surface area contributed by atoms with Crippen molar-refractivity contribution in [3.8, 4) is 11.5 Å². The molecule has 6 nitrogen and oxygen atoms in total. The first kappa shape index (κ1) is 11.7. The number of nitrogens with zero attached hydrogens (tertiary/aromatic N) is 1. The molecule has 0 bridgehead atoms. The van der Waals surface area contributed by atoms with Crippen LogP contribution >= 0.6 is 0 Å². The molecule has 0 unspecified atom stereocenters. The number of rotatable bonds is 3. The second kappa shape index (κ2) is 5.01. The van der Waals surface area contributed by atoms with Gasteiger partial charge in [-0.25, -0.2) is 0 Å². The lowest BCUT2D eigenvalue weighted by Gasteiger charge is -2.23. The average Bonchev–Trinajstić information content (AvgIpc) is 2.30. The predicted molar refractivity (Wildman–Crippen MR) is 59.2 cm³/mol. The number of nitro groups is 1. The summed E-state index contributed by atoms with van der Waals surface area (Å²) in [5.74, 6) is 0.0690. The zero-order valence-electron chi connectivity index (χ0n) is 9.17. The second-order valence-electron chi connectivity index (χ2n) is 3.84. The fourth-order valence-electron chi connectivity index (χ4n) is 1.72. The Balaban J connectivity index is 2.17. The third-order valence-corrected chi connectivity index (χ3v) is 2.60. The van der Waals surface area contributed by atoms with Gasteiger partial charge in [0.25, 0.3) is 0 Å². The van der Waals surface area contributed by atoms with Crippen LogP contribution < -0.4 is 4.74 Å². The van der Waals surface area contributed by atoms with Gasteiger partial charge in [-0.05, 0) is 6.07 Å². The van der Waals surface area contributed by atoms with E-state index in [1.54, 1.807) is 0 Å². The quantitative estimate of drug-likeness (QED) is 0.643. The number of phenolic OH excluding ortho intramolecular Hbond substituents is 1. The summed E-state index contributed by atoms with van der Waals surface area (Å²) in [6.45, 7) is 1.19. The molecule has 0 amide bonds. The molecule has 1 aliphatic heterocycles. The second-order valence-corrected chi connectivity index (χ2v) is 3.84. The summed E-state index contributed by atoms with van der Waals surface area (Å²) >= 11 is 0. The molecule has 1 aromatic rings.